The van der Waals surface area contributed by atoms with Crippen molar-refractivity contribution in [2.24, 2.45) is 0 Å². The number of benzene rings is 1. The molecule has 3 N–H and O–H groups in total. The topological polar surface area (TPSA) is 81.4 Å². The molecular formula is C12H15ClN2O3. The highest BCUT2D eigenvalue weighted by molar-refractivity contribution is 6.33. The maximum Gasteiger partial charge on any atom is 0.307 e. The van der Waals surface area contributed by atoms with Crippen molar-refractivity contribution in [3.63, 3.8) is 0 Å². The Bertz CT molecular complexity index is 449. The third kappa shape index (κ3) is 3.92. The van der Waals surface area contributed by atoms with E-state index in [4.69, 9.17) is 22.1 Å². The van der Waals surface area contributed by atoms with Gasteiger partial charge in [-0.15, -0.1) is 0 Å². The molecule has 0 heterocycles. The van der Waals surface area contributed by atoms with Gasteiger partial charge in [-0.3, -0.25) is 9.59 Å². The number of anilines is 1. The van der Waals surface area contributed by atoms with E-state index in [9.17, 15) is 9.59 Å². The second kappa shape index (κ2) is 6.86. The lowest BCUT2D eigenvalue weighted by Gasteiger charge is -2.08. The van der Waals surface area contributed by atoms with Crippen LogP contribution in [0.5, 0.6) is 0 Å². The SMILES string of the molecule is CCOC(=O)CCNC(=O)c1cccc(Cl)c1N. The van der Waals surface area contributed by atoms with Gasteiger partial charge in [-0.2, -0.15) is 0 Å². The number of amides is 1. The van der Waals surface area contributed by atoms with E-state index in [-0.39, 0.29) is 30.5 Å². The molecule has 0 aliphatic rings. The van der Waals surface area contributed by atoms with E-state index in [1.54, 1.807) is 25.1 Å². The zero-order chi connectivity index (χ0) is 13.5. The summed E-state index contributed by atoms with van der Waals surface area (Å²) >= 11 is 5.80. The molecule has 0 atom stereocenters. The van der Waals surface area contributed by atoms with Gasteiger partial charge in [0.1, 0.15) is 0 Å². The van der Waals surface area contributed by atoms with Crippen molar-refractivity contribution in [3.8, 4) is 0 Å². The van der Waals surface area contributed by atoms with Gasteiger partial charge >= 0.3 is 5.97 Å². The van der Waals surface area contributed by atoms with Crippen LogP contribution >= 0.6 is 11.6 Å². The summed E-state index contributed by atoms with van der Waals surface area (Å²) in [5.41, 5.74) is 6.21. The Morgan fingerprint density at radius 1 is 1.44 bits per heavy atom. The normalized spacial score (nSPS) is 9.89. The van der Waals surface area contributed by atoms with Gasteiger partial charge in [-0.1, -0.05) is 17.7 Å². The molecule has 0 unspecified atom stereocenters. The number of nitrogens with two attached hydrogens (primary N) is 1. The van der Waals surface area contributed by atoms with Crippen LogP contribution in [0, 0.1) is 0 Å². The summed E-state index contributed by atoms with van der Waals surface area (Å²) in [5.74, 6) is -0.712. The summed E-state index contributed by atoms with van der Waals surface area (Å²) in [4.78, 5) is 22.8. The number of ether oxygens (including phenoxy) is 1. The standard InChI is InChI=1S/C12H15ClN2O3/c1-2-18-10(16)6-7-15-12(17)8-4-3-5-9(13)11(8)14/h3-5H,2,6-7,14H2,1H3,(H,15,17). The third-order valence-corrected chi connectivity index (χ3v) is 2.55. The molecule has 0 aliphatic heterocycles. The minimum Gasteiger partial charge on any atom is -0.466 e. The van der Waals surface area contributed by atoms with Gasteiger partial charge in [-0.05, 0) is 19.1 Å². The Kier molecular flexibility index (Phi) is 5.45. The molecule has 98 valence electrons. The first-order valence-corrected chi connectivity index (χ1v) is 5.91. The maximum atomic E-state index is 11.8. The summed E-state index contributed by atoms with van der Waals surface area (Å²) in [6, 6.07) is 4.81. The summed E-state index contributed by atoms with van der Waals surface area (Å²) in [6.45, 7) is 2.25. The maximum absolute atomic E-state index is 11.8. The molecule has 18 heavy (non-hydrogen) atoms. The first-order valence-electron chi connectivity index (χ1n) is 5.54. The first kappa shape index (κ1) is 14.3. The van der Waals surface area contributed by atoms with Gasteiger partial charge in [0.2, 0.25) is 0 Å². The molecule has 5 nitrogen and oxygen atoms in total. The molecule has 0 aliphatic carbocycles. The number of para-hydroxylation sites is 1. The van der Waals surface area contributed by atoms with Crippen LogP contribution in [-0.2, 0) is 9.53 Å². The Labute approximate surface area is 110 Å². The lowest BCUT2D eigenvalue weighted by atomic mass is 10.1. The number of nitrogen functional groups attached to an aromatic ring is 1. The highest BCUT2D eigenvalue weighted by Crippen LogP contribution is 2.22. The average Bonchev–Trinajstić information content (AvgIpc) is 2.33. The van der Waals surface area contributed by atoms with Crippen LogP contribution in [0.25, 0.3) is 0 Å². The predicted molar refractivity (Wildman–Crippen MR) is 69.4 cm³/mol. The van der Waals surface area contributed by atoms with E-state index >= 15 is 0 Å². The number of rotatable bonds is 5. The number of hydrogen-bond acceptors (Lipinski definition) is 4. The first-order chi connectivity index (χ1) is 8.56. The lowest BCUT2D eigenvalue weighted by Crippen LogP contribution is -2.27. The van der Waals surface area contributed by atoms with Crippen LogP contribution in [-0.4, -0.2) is 25.0 Å². The molecule has 0 aromatic heterocycles. The van der Waals surface area contributed by atoms with Crippen LogP contribution in [0.3, 0.4) is 0 Å². The number of hydrogen-bond donors (Lipinski definition) is 2. The van der Waals surface area contributed by atoms with Gasteiger partial charge in [0.15, 0.2) is 0 Å². The van der Waals surface area contributed by atoms with Crippen molar-refractivity contribution < 1.29 is 14.3 Å². The smallest absolute Gasteiger partial charge is 0.307 e. The Morgan fingerprint density at radius 2 is 2.17 bits per heavy atom. The number of halogens is 1. The third-order valence-electron chi connectivity index (χ3n) is 2.22. The number of nitrogens with one attached hydrogen (secondary N) is 1. The van der Waals surface area contributed by atoms with Crippen molar-refractivity contribution in [3.05, 3.63) is 28.8 Å². The monoisotopic (exact) mass is 270 g/mol. The molecule has 1 aromatic carbocycles. The fraction of sp³-hybridized carbons (Fsp3) is 0.333. The van der Waals surface area contributed by atoms with Crippen molar-refractivity contribution in [1.29, 1.82) is 0 Å². The molecule has 0 bridgehead atoms. The summed E-state index contributed by atoms with van der Waals surface area (Å²) in [6.07, 6.45) is 0.125. The summed E-state index contributed by atoms with van der Waals surface area (Å²) < 4.78 is 4.74. The van der Waals surface area contributed by atoms with Crippen LogP contribution in [0.4, 0.5) is 5.69 Å². The number of esters is 1. The highest BCUT2D eigenvalue weighted by Gasteiger charge is 2.11. The molecule has 0 saturated carbocycles. The molecule has 1 amide bonds. The molecule has 0 spiro atoms. The lowest BCUT2D eigenvalue weighted by molar-refractivity contribution is -0.142. The quantitative estimate of drug-likeness (QED) is 0.629. The second-order valence-corrected chi connectivity index (χ2v) is 3.92. The summed E-state index contributed by atoms with van der Waals surface area (Å²) in [7, 11) is 0. The van der Waals surface area contributed by atoms with Crippen molar-refractivity contribution in [2.45, 2.75) is 13.3 Å². The Hall–Kier alpha value is -1.75. The van der Waals surface area contributed by atoms with E-state index in [1.807, 2.05) is 0 Å². The number of carbonyl (C=O) groups excluding carboxylic acids is 2. The van der Waals surface area contributed by atoms with Crippen molar-refractivity contribution in [1.82, 2.24) is 5.32 Å². The van der Waals surface area contributed by atoms with E-state index in [0.29, 0.717) is 17.2 Å². The van der Waals surface area contributed by atoms with Gasteiger partial charge in [0.25, 0.3) is 5.91 Å². The molecule has 0 fully saturated rings. The van der Waals surface area contributed by atoms with Crippen molar-refractivity contribution in [2.75, 3.05) is 18.9 Å². The highest BCUT2D eigenvalue weighted by atomic mass is 35.5. The van der Waals surface area contributed by atoms with Crippen LogP contribution < -0.4 is 11.1 Å². The fourth-order valence-corrected chi connectivity index (χ4v) is 1.52. The largest absolute Gasteiger partial charge is 0.466 e. The Balaban J connectivity index is 2.51. The van der Waals surface area contributed by atoms with Crippen LogP contribution in [0.2, 0.25) is 5.02 Å². The Morgan fingerprint density at radius 3 is 2.83 bits per heavy atom. The summed E-state index contributed by atoms with van der Waals surface area (Å²) in [5, 5.41) is 2.90. The zero-order valence-electron chi connectivity index (χ0n) is 10.0. The molecular weight excluding hydrogens is 256 g/mol. The van der Waals surface area contributed by atoms with Gasteiger partial charge in [0, 0.05) is 6.54 Å². The average molecular weight is 271 g/mol. The van der Waals surface area contributed by atoms with Gasteiger partial charge in [-0.25, -0.2) is 0 Å². The minimum absolute atomic E-state index is 0.125. The van der Waals surface area contributed by atoms with Gasteiger partial charge in [0.05, 0.1) is 29.3 Å². The van der Waals surface area contributed by atoms with E-state index in [1.165, 1.54) is 0 Å². The molecule has 0 radical (unpaired) electrons. The molecule has 1 rings (SSSR count). The molecule has 0 saturated heterocycles. The van der Waals surface area contributed by atoms with Crippen molar-refractivity contribution >= 4 is 29.2 Å². The van der Waals surface area contributed by atoms with Gasteiger partial charge < -0.3 is 15.8 Å². The number of carbonyl (C=O) groups is 2. The van der Waals surface area contributed by atoms with E-state index in [2.05, 4.69) is 5.32 Å². The van der Waals surface area contributed by atoms with Crippen LogP contribution in [0.15, 0.2) is 18.2 Å². The zero-order valence-corrected chi connectivity index (χ0v) is 10.8. The van der Waals surface area contributed by atoms with Crippen LogP contribution in [0.1, 0.15) is 23.7 Å². The predicted octanol–water partition coefficient (Wildman–Crippen LogP) is 1.61. The fourth-order valence-electron chi connectivity index (χ4n) is 1.34. The molecule has 6 heteroatoms. The minimum atomic E-state index is -0.362. The molecule has 1 aromatic rings. The van der Waals surface area contributed by atoms with E-state index in [0.717, 1.165) is 0 Å². The second-order valence-electron chi connectivity index (χ2n) is 3.51. The van der Waals surface area contributed by atoms with E-state index < -0.39 is 0 Å².